The third-order valence-electron chi connectivity index (χ3n) is 5.39. The average molecular weight is 375 g/mol. The molecular formula is C19H22FN3O2S. The van der Waals surface area contributed by atoms with E-state index < -0.39 is 5.82 Å². The first kappa shape index (κ1) is 17.4. The summed E-state index contributed by atoms with van der Waals surface area (Å²) in [7, 11) is 0. The lowest BCUT2D eigenvalue weighted by Crippen LogP contribution is -2.51. The van der Waals surface area contributed by atoms with E-state index >= 15 is 0 Å². The van der Waals surface area contributed by atoms with Crippen molar-refractivity contribution in [2.45, 2.75) is 50.0 Å². The fourth-order valence-electron chi connectivity index (χ4n) is 4.13. The Morgan fingerprint density at radius 1 is 1.27 bits per heavy atom. The highest BCUT2D eigenvalue weighted by Crippen LogP contribution is 2.44. The molecular weight excluding hydrogens is 353 g/mol. The zero-order valence-corrected chi connectivity index (χ0v) is 15.4. The van der Waals surface area contributed by atoms with Crippen LogP contribution in [0, 0.1) is 5.82 Å². The third kappa shape index (κ3) is 3.32. The van der Waals surface area contributed by atoms with Crippen molar-refractivity contribution < 1.29 is 13.9 Å². The lowest BCUT2D eigenvalue weighted by Gasteiger charge is -2.38. The van der Waals surface area contributed by atoms with Crippen molar-refractivity contribution in [1.82, 2.24) is 14.9 Å². The normalized spacial score (nSPS) is 22.3. The minimum absolute atomic E-state index is 0.153. The topological polar surface area (TPSA) is 55.3 Å². The van der Waals surface area contributed by atoms with Crippen molar-refractivity contribution in [2.75, 3.05) is 13.1 Å². The van der Waals surface area contributed by atoms with Gasteiger partial charge in [-0.1, -0.05) is 18.9 Å². The lowest BCUT2D eigenvalue weighted by molar-refractivity contribution is -0.140. The molecule has 1 atom stereocenters. The van der Waals surface area contributed by atoms with Gasteiger partial charge in [0.15, 0.2) is 5.82 Å². The molecule has 1 saturated heterocycles. The monoisotopic (exact) mass is 375 g/mol. The van der Waals surface area contributed by atoms with E-state index in [1.54, 1.807) is 11.3 Å². The fraction of sp³-hybridized carbons (Fsp3) is 0.526. The van der Waals surface area contributed by atoms with Crippen molar-refractivity contribution in [1.29, 1.82) is 0 Å². The minimum atomic E-state index is -0.489. The molecule has 0 bridgehead atoms. The summed E-state index contributed by atoms with van der Waals surface area (Å²) in [5.74, 6) is -0.261. The fourth-order valence-corrected chi connectivity index (χ4v) is 5.10. The number of halogens is 1. The Kier molecular flexibility index (Phi) is 4.89. The molecule has 0 spiro atoms. The average Bonchev–Trinajstić information content (AvgIpc) is 3.35. The number of likely N-dealkylation sites (tertiary alicyclic amines) is 1. The smallest absolute Gasteiger partial charge is 0.316 e. The number of carbonyl (C=O) groups excluding carboxylic acids is 1. The van der Waals surface area contributed by atoms with Gasteiger partial charge >= 0.3 is 6.01 Å². The van der Waals surface area contributed by atoms with Gasteiger partial charge in [0, 0.05) is 11.4 Å². The number of piperidine rings is 1. The number of nitrogens with zero attached hydrogens (tertiary/aromatic N) is 3. The highest BCUT2D eigenvalue weighted by Gasteiger charge is 2.46. The van der Waals surface area contributed by atoms with Crippen LogP contribution in [-0.4, -0.2) is 40.0 Å². The van der Waals surface area contributed by atoms with Gasteiger partial charge in [-0.05, 0) is 37.1 Å². The van der Waals surface area contributed by atoms with Crippen LogP contribution in [0.15, 0.2) is 29.9 Å². The zero-order valence-electron chi connectivity index (χ0n) is 14.6. The number of hydrogen-bond donors (Lipinski definition) is 0. The van der Waals surface area contributed by atoms with Crippen LogP contribution in [0.25, 0.3) is 0 Å². The Morgan fingerprint density at radius 2 is 2.04 bits per heavy atom. The molecule has 0 aromatic carbocycles. The molecule has 3 heterocycles. The van der Waals surface area contributed by atoms with Crippen molar-refractivity contribution in [3.63, 3.8) is 0 Å². The molecule has 1 amide bonds. The summed E-state index contributed by atoms with van der Waals surface area (Å²) in [4.78, 5) is 24.3. The number of hydrogen-bond acceptors (Lipinski definition) is 5. The van der Waals surface area contributed by atoms with Crippen LogP contribution in [0.3, 0.4) is 0 Å². The van der Waals surface area contributed by atoms with Gasteiger partial charge in [0.05, 0.1) is 24.4 Å². The van der Waals surface area contributed by atoms with Gasteiger partial charge < -0.3 is 9.64 Å². The molecule has 1 aliphatic heterocycles. The first-order valence-corrected chi connectivity index (χ1v) is 10.0. The van der Waals surface area contributed by atoms with E-state index in [2.05, 4.69) is 21.4 Å². The summed E-state index contributed by atoms with van der Waals surface area (Å²) in [6.07, 6.45) is 7.82. The van der Waals surface area contributed by atoms with Crippen LogP contribution < -0.4 is 4.74 Å². The Bertz CT molecular complexity index is 745. The SMILES string of the molecule is O=C(N1CCCC(Oc2ncc(F)cn2)C1)C1(c2cccs2)CCCC1. The maximum absolute atomic E-state index is 13.5. The van der Waals surface area contributed by atoms with Crippen LogP contribution in [0.5, 0.6) is 6.01 Å². The molecule has 0 N–H and O–H groups in total. The molecule has 138 valence electrons. The minimum Gasteiger partial charge on any atom is -0.458 e. The second-order valence-corrected chi connectivity index (χ2v) is 8.03. The number of thiophene rings is 1. The van der Waals surface area contributed by atoms with E-state index in [4.69, 9.17) is 4.74 Å². The largest absolute Gasteiger partial charge is 0.458 e. The van der Waals surface area contributed by atoms with E-state index in [0.717, 1.165) is 57.5 Å². The number of carbonyl (C=O) groups is 1. The molecule has 0 radical (unpaired) electrons. The van der Waals surface area contributed by atoms with Gasteiger partial charge in [-0.2, -0.15) is 0 Å². The molecule has 2 aromatic rings. The van der Waals surface area contributed by atoms with Crippen LogP contribution in [0.4, 0.5) is 4.39 Å². The van der Waals surface area contributed by atoms with Crippen LogP contribution in [0.1, 0.15) is 43.4 Å². The first-order chi connectivity index (χ1) is 12.7. The quantitative estimate of drug-likeness (QED) is 0.820. The molecule has 2 aromatic heterocycles. The van der Waals surface area contributed by atoms with Gasteiger partial charge in [0.25, 0.3) is 0 Å². The predicted octanol–water partition coefficient (Wildman–Crippen LogP) is 3.56. The maximum Gasteiger partial charge on any atom is 0.316 e. The van der Waals surface area contributed by atoms with Crippen LogP contribution >= 0.6 is 11.3 Å². The van der Waals surface area contributed by atoms with Crippen LogP contribution in [0.2, 0.25) is 0 Å². The molecule has 26 heavy (non-hydrogen) atoms. The van der Waals surface area contributed by atoms with Crippen molar-refractivity contribution in [2.24, 2.45) is 0 Å². The van der Waals surface area contributed by atoms with E-state index in [0.29, 0.717) is 6.54 Å². The van der Waals surface area contributed by atoms with E-state index in [1.807, 2.05) is 11.0 Å². The Morgan fingerprint density at radius 3 is 2.73 bits per heavy atom. The summed E-state index contributed by atoms with van der Waals surface area (Å²) >= 11 is 1.68. The van der Waals surface area contributed by atoms with Gasteiger partial charge in [0.2, 0.25) is 5.91 Å². The molecule has 1 unspecified atom stereocenters. The van der Waals surface area contributed by atoms with E-state index in [-0.39, 0.29) is 23.4 Å². The molecule has 1 saturated carbocycles. The molecule has 4 rings (SSSR count). The summed E-state index contributed by atoms with van der Waals surface area (Å²) in [5.41, 5.74) is -0.359. The molecule has 2 fully saturated rings. The number of ether oxygens (including phenoxy) is 1. The highest BCUT2D eigenvalue weighted by atomic mass is 32.1. The van der Waals surface area contributed by atoms with Gasteiger partial charge in [-0.3, -0.25) is 4.79 Å². The van der Waals surface area contributed by atoms with Crippen molar-refractivity contribution in [3.05, 3.63) is 40.6 Å². The van der Waals surface area contributed by atoms with Crippen molar-refractivity contribution >= 4 is 17.2 Å². The number of aromatic nitrogens is 2. The molecule has 2 aliphatic rings. The zero-order chi connectivity index (χ0) is 18.0. The maximum atomic E-state index is 13.5. The van der Waals surface area contributed by atoms with Gasteiger partial charge in [0.1, 0.15) is 6.10 Å². The predicted molar refractivity (Wildman–Crippen MR) is 96.7 cm³/mol. The summed E-state index contributed by atoms with van der Waals surface area (Å²) in [5, 5.41) is 2.05. The standard InChI is InChI=1S/C19H22FN3O2S/c20-14-11-21-18(22-12-14)25-15-5-3-9-23(13-15)17(24)19(7-1-2-8-19)16-6-4-10-26-16/h4,6,10-12,15H,1-3,5,7-9,13H2. The lowest BCUT2D eigenvalue weighted by atomic mass is 9.82. The van der Waals surface area contributed by atoms with Gasteiger partial charge in [-0.15, -0.1) is 11.3 Å². The second-order valence-electron chi connectivity index (χ2n) is 7.08. The summed E-state index contributed by atoms with van der Waals surface area (Å²) in [6, 6.07) is 4.29. The summed E-state index contributed by atoms with van der Waals surface area (Å²) < 4.78 is 18.7. The highest BCUT2D eigenvalue weighted by molar-refractivity contribution is 7.10. The van der Waals surface area contributed by atoms with E-state index in [9.17, 15) is 9.18 Å². The van der Waals surface area contributed by atoms with E-state index in [1.165, 1.54) is 4.88 Å². The molecule has 1 aliphatic carbocycles. The second kappa shape index (κ2) is 7.31. The molecule has 7 heteroatoms. The first-order valence-electron chi connectivity index (χ1n) is 9.15. The molecule has 5 nitrogen and oxygen atoms in total. The van der Waals surface area contributed by atoms with Crippen molar-refractivity contribution in [3.8, 4) is 6.01 Å². The Hall–Kier alpha value is -2.02. The summed E-state index contributed by atoms with van der Waals surface area (Å²) in [6.45, 7) is 1.29. The third-order valence-corrected chi connectivity index (χ3v) is 6.47. The number of amides is 1. The Balaban J connectivity index is 1.48. The van der Waals surface area contributed by atoms with Crippen LogP contribution in [-0.2, 0) is 10.2 Å². The Labute approximate surface area is 156 Å². The number of rotatable bonds is 4. The van der Waals surface area contributed by atoms with Gasteiger partial charge in [-0.25, -0.2) is 14.4 Å².